The summed E-state index contributed by atoms with van der Waals surface area (Å²) in [6.07, 6.45) is -0.446. The highest BCUT2D eigenvalue weighted by molar-refractivity contribution is 6.24. The van der Waals surface area contributed by atoms with Crippen molar-refractivity contribution >= 4 is 76.7 Å². The van der Waals surface area contributed by atoms with E-state index >= 15 is 0 Å². The van der Waals surface area contributed by atoms with Gasteiger partial charge in [-0.25, -0.2) is 9.98 Å². The van der Waals surface area contributed by atoms with Crippen molar-refractivity contribution in [1.29, 1.82) is 0 Å². The summed E-state index contributed by atoms with van der Waals surface area (Å²) in [4.78, 5) is 10.6. The number of benzene rings is 9. The zero-order valence-electron chi connectivity index (χ0n) is 28.6. The SMILES string of the molecule is c1ccc2c(c1)ccc1cc(C3=NC(c4ccc(-c5cccc6oc7ccccc7c56)cc4)N=C(c4cc5ccccc5c5ccccc45)N3)ccc12. The minimum atomic E-state index is -0.446. The standard InChI is InChI=1S/C49H31N3O/c1-3-12-36-30(10-1)22-25-34-28-35(26-27-38(34)36)48-50-47(51-49(52-48)43-29-33-11-2-4-13-37(33)40-14-5-6-15-41(40)43)32-23-20-31(21-24-32)39-17-9-19-45-46(39)42-16-7-8-18-44(42)53-45/h1-29,47H,(H,50,51,52). The van der Waals surface area contributed by atoms with E-state index < -0.39 is 6.17 Å². The van der Waals surface area contributed by atoms with Crippen LogP contribution in [0.5, 0.6) is 0 Å². The predicted molar refractivity (Wildman–Crippen MR) is 221 cm³/mol. The molecule has 0 saturated heterocycles. The molecule has 10 aromatic rings. The predicted octanol–water partition coefficient (Wildman–Crippen LogP) is 12.4. The Morgan fingerprint density at radius 2 is 1.00 bits per heavy atom. The molecule has 0 saturated carbocycles. The summed E-state index contributed by atoms with van der Waals surface area (Å²) < 4.78 is 6.20. The summed E-state index contributed by atoms with van der Waals surface area (Å²) in [7, 11) is 0. The Labute approximate surface area is 305 Å². The third-order valence-electron chi connectivity index (χ3n) is 10.7. The maximum atomic E-state index is 6.20. The molecule has 0 amide bonds. The lowest BCUT2D eigenvalue weighted by Crippen LogP contribution is -2.36. The molecule has 1 unspecified atom stereocenters. The Hall–Kier alpha value is -7.04. The van der Waals surface area contributed by atoms with Crippen LogP contribution in [0.15, 0.2) is 190 Å². The highest BCUT2D eigenvalue weighted by Crippen LogP contribution is 2.38. The highest BCUT2D eigenvalue weighted by atomic mass is 16.3. The van der Waals surface area contributed by atoms with Crippen LogP contribution in [-0.2, 0) is 0 Å². The minimum Gasteiger partial charge on any atom is -0.456 e. The number of hydrogen-bond acceptors (Lipinski definition) is 4. The minimum absolute atomic E-state index is 0.446. The number of fused-ring (bicyclic) bond motifs is 9. The van der Waals surface area contributed by atoms with Gasteiger partial charge in [0.1, 0.15) is 22.8 Å². The Balaban J connectivity index is 1.06. The van der Waals surface area contributed by atoms with Crippen LogP contribution in [-0.4, -0.2) is 11.7 Å². The second-order valence-electron chi connectivity index (χ2n) is 13.8. The highest BCUT2D eigenvalue weighted by Gasteiger charge is 2.23. The first-order chi connectivity index (χ1) is 26.2. The maximum Gasteiger partial charge on any atom is 0.169 e. The number of amidine groups is 2. The largest absolute Gasteiger partial charge is 0.456 e. The summed E-state index contributed by atoms with van der Waals surface area (Å²) in [6, 6.07) is 62.3. The molecule has 0 bridgehead atoms. The number of hydrogen-bond donors (Lipinski definition) is 1. The van der Waals surface area contributed by atoms with Crippen LogP contribution in [0.25, 0.3) is 76.2 Å². The van der Waals surface area contributed by atoms with Gasteiger partial charge < -0.3 is 9.73 Å². The second kappa shape index (κ2) is 11.8. The zero-order chi connectivity index (χ0) is 34.9. The smallest absolute Gasteiger partial charge is 0.169 e. The van der Waals surface area contributed by atoms with Crippen LogP contribution >= 0.6 is 0 Å². The van der Waals surface area contributed by atoms with E-state index in [4.69, 9.17) is 14.4 Å². The fraction of sp³-hybridized carbons (Fsp3) is 0.0204. The molecule has 0 aliphatic carbocycles. The van der Waals surface area contributed by atoms with E-state index in [9.17, 15) is 0 Å². The van der Waals surface area contributed by atoms with Gasteiger partial charge in [-0.05, 0) is 84.0 Å². The van der Waals surface area contributed by atoms with Crippen molar-refractivity contribution in [3.05, 3.63) is 193 Å². The van der Waals surface area contributed by atoms with E-state index in [-0.39, 0.29) is 0 Å². The number of aliphatic imine (C=N–C) groups is 2. The Morgan fingerprint density at radius 1 is 0.396 bits per heavy atom. The van der Waals surface area contributed by atoms with Crippen LogP contribution in [0.3, 0.4) is 0 Å². The zero-order valence-corrected chi connectivity index (χ0v) is 28.6. The monoisotopic (exact) mass is 677 g/mol. The van der Waals surface area contributed by atoms with Gasteiger partial charge in [0.15, 0.2) is 6.17 Å². The fourth-order valence-electron chi connectivity index (χ4n) is 8.14. The third-order valence-corrected chi connectivity index (χ3v) is 10.7. The number of furan rings is 1. The average molecular weight is 678 g/mol. The van der Waals surface area contributed by atoms with Crippen molar-refractivity contribution in [2.45, 2.75) is 6.17 Å². The van der Waals surface area contributed by atoms with Crippen LogP contribution < -0.4 is 5.32 Å². The molecule has 1 atom stereocenters. The first kappa shape index (κ1) is 29.7. The van der Waals surface area contributed by atoms with Gasteiger partial charge >= 0.3 is 0 Å². The van der Waals surface area contributed by atoms with Gasteiger partial charge in [-0.2, -0.15) is 0 Å². The molecule has 2 heterocycles. The van der Waals surface area contributed by atoms with Crippen LogP contribution in [0.4, 0.5) is 0 Å². The molecule has 0 spiro atoms. The molecule has 9 aromatic carbocycles. The molecular formula is C49H31N3O. The molecule has 1 aromatic heterocycles. The Kier molecular flexibility index (Phi) is 6.58. The van der Waals surface area contributed by atoms with Gasteiger partial charge in [0.05, 0.1) is 0 Å². The van der Waals surface area contributed by atoms with Crippen molar-refractivity contribution in [3.8, 4) is 11.1 Å². The third kappa shape index (κ3) is 4.84. The summed E-state index contributed by atoms with van der Waals surface area (Å²) in [6.45, 7) is 0. The van der Waals surface area contributed by atoms with Crippen LogP contribution in [0.2, 0.25) is 0 Å². The molecule has 248 valence electrons. The first-order valence-electron chi connectivity index (χ1n) is 18.0. The molecular weight excluding hydrogens is 647 g/mol. The normalized spacial score (nSPS) is 14.6. The van der Waals surface area contributed by atoms with Crippen molar-refractivity contribution in [1.82, 2.24) is 5.32 Å². The maximum absolute atomic E-state index is 6.20. The van der Waals surface area contributed by atoms with Crippen molar-refractivity contribution in [3.63, 3.8) is 0 Å². The lowest BCUT2D eigenvalue weighted by atomic mass is 9.95. The number of nitrogens with zero attached hydrogens (tertiary/aromatic N) is 2. The second-order valence-corrected chi connectivity index (χ2v) is 13.8. The molecule has 1 aliphatic rings. The Morgan fingerprint density at radius 3 is 1.85 bits per heavy atom. The van der Waals surface area contributed by atoms with E-state index in [1.165, 1.54) is 37.7 Å². The lowest BCUT2D eigenvalue weighted by Gasteiger charge is -2.24. The van der Waals surface area contributed by atoms with Gasteiger partial charge in [-0.15, -0.1) is 0 Å². The lowest BCUT2D eigenvalue weighted by molar-refractivity contribution is 0.669. The van der Waals surface area contributed by atoms with Crippen LogP contribution in [0, 0.1) is 0 Å². The molecule has 53 heavy (non-hydrogen) atoms. The number of nitrogens with one attached hydrogen (secondary N) is 1. The van der Waals surface area contributed by atoms with E-state index in [0.29, 0.717) is 0 Å². The van der Waals surface area contributed by atoms with Gasteiger partial charge in [0, 0.05) is 21.9 Å². The molecule has 0 radical (unpaired) electrons. The molecule has 4 nitrogen and oxygen atoms in total. The van der Waals surface area contributed by atoms with Gasteiger partial charge in [-0.1, -0.05) is 152 Å². The molecule has 11 rings (SSSR count). The van der Waals surface area contributed by atoms with Gasteiger partial charge in [-0.3, -0.25) is 0 Å². The van der Waals surface area contributed by atoms with Crippen molar-refractivity contribution in [2.75, 3.05) is 0 Å². The molecule has 1 aliphatic heterocycles. The molecule has 4 heteroatoms. The van der Waals surface area contributed by atoms with E-state index in [2.05, 4.69) is 163 Å². The number of rotatable bonds is 4. The summed E-state index contributed by atoms with van der Waals surface area (Å²) in [5, 5.41) is 15.6. The summed E-state index contributed by atoms with van der Waals surface area (Å²) >= 11 is 0. The Bertz CT molecular complexity index is 3150. The average Bonchev–Trinajstić information content (AvgIpc) is 3.62. The van der Waals surface area contributed by atoms with Gasteiger partial charge in [0.2, 0.25) is 0 Å². The van der Waals surface area contributed by atoms with Crippen molar-refractivity contribution < 1.29 is 4.42 Å². The quantitative estimate of drug-likeness (QED) is 0.189. The van der Waals surface area contributed by atoms with Crippen LogP contribution in [0.1, 0.15) is 22.9 Å². The van der Waals surface area contributed by atoms with Gasteiger partial charge in [0.25, 0.3) is 0 Å². The molecule has 1 N–H and O–H groups in total. The molecule has 0 fully saturated rings. The fourth-order valence-corrected chi connectivity index (χ4v) is 8.14. The van der Waals surface area contributed by atoms with E-state index in [0.717, 1.165) is 66.8 Å². The number of para-hydroxylation sites is 1. The summed E-state index contributed by atoms with van der Waals surface area (Å²) in [5.74, 6) is 1.60. The van der Waals surface area contributed by atoms with E-state index in [1.807, 2.05) is 18.2 Å². The van der Waals surface area contributed by atoms with E-state index in [1.54, 1.807) is 0 Å². The van der Waals surface area contributed by atoms with Crippen molar-refractivity contribution in [2.24, 2.45) is 9.98 Å². The first-order valence-corrected chi connectivity index (χ1v) is 18.0. The summed E-state index contributed by atoms with van der Waals surface area (Å²) in [5.41, 5.74) is 7.14. The topological polar surface area (TPSA) is 49.9 Å².